The van der Waals surface area contributed by atoms with Gasteiger partial charge in [0, 0.05) is 13.2 Å². The number of benzene rings is 1. The van der Waals surface area contributed by atoms with E-state index in [4.69, 9.17) is 21.7 Å². The van der Waals surface area contributed by atoms with Crippen molar-refractivity contribution in [1.82, 2.24) is 10.7 Å². The van der Waals surface area contributed by atoms with E-state index in [9.17, 15) is 4.79 Å². The van der Waals surface area contributed by atoms with Gasteiger partial charge < -0.3 is 20.1 Å². The molecule has 124 valence electrons. The molecular weight excluding hydrogens is 316 g/mol. The van der Waals surface area contributed by atoms with E-state index in [0.717, 1.165) is 11.3 Å². The molecule has 23 heavy (non-hydrogen) atoms. The summed E-state index contributed by atoms with van der Waals surface area (Å²) in [6.07, 6.45) is 0. The van der Waals surface area contributed by atoms with E-state index in [1.165, 1.54) is 0 Å². The molecule has 1 aliphatic rings. The maximum Gasteiger partial charge on any atom is 0.262 e. The Hall–Kier alpha value is -2.19. The summed E-state index contributed by atoms with van der Waals surface area (Å²) in [6, 6.07) is 5.59. The van der Waals surface area contributed by atoms with Crippen LogP contribution in [0.3, 0.4) is 0 Å². The molecule has 0 spiro atoms. The van der Waals surface area contributed by atoms with Crippen LogP contribution in [0.15, 0.2) is 23.3 Å². The largest absolute Gasteiger partial charge is 0.482 e. The van der Waals surface area contributed by atoms with Gasteiger partial charge in [0.15, 0.2) is 11.7 Å². The lowest BCUT2D eigenvalue weighted by molar-refractivity contribution is -0.118. The summed E-state index contributed by atoms with van der Waals surface area (Å²) in [4.78, 5) is 11.4. The Morgan fingerprint density at radius 1 is 1.57 bits per heavy atom. The molecule has 0 saturated heterocycles. The molecule has 0 saturated carbocycles. The van der Waals surface area contributed by atoms with Gasteiger partial charge in [0.2, 0.25) is 0 Å². The molecule has 0 aliphatic carbocycles. The number of fused-ring (bicyclic) bond motifs is 1. The molecule has 1 amide bonds. The molecule has 8 heteroatoms. The summed E-state index contributed by atoms with van der Waals surface area (Å²) in [6.45, 7) is 4.40. The van der Waals surface area contributed by atoms with Gasteiger partial charge in [-0.3, -0.25) is 10.2 Å². The molecule has 1 aliphatic heterocycles. The Morgan fingerprint density at radius 3 is 3.09 bits per heavy atom. The molecule has 0 radical (unpaired) electrons. The maximum atomic E-state index is 11.4. The van der Waals surface area contributed by atoms with Crippen molar-refractivity contribution in [3.63, 3.8) is 0 Å². The van der Waals surface area contributed by atoms with Crippen LogP contribution >= 0.6 is 12.2 Å². The normalized spacial score (nSPS) is 15.1. The van der Waals surface area contributed by atoms with E-state index in [1.807, 2.05) is 26.0 Å². The predicted octanol–water partition coefficient (Wildman–Crippen LogP) is 1.24. The van der Waals surface area contributed by atoms with Gasteiger partial charge >= 0.3 is 0 Å². The zero-order valence-corrected chi connectivity index (χ0v) is 14.1. The third-order valence-electron chi connectivity index (χ3n) is 3.15. The summed E-state index contributed by atoms with van der Waals surface area (Å²) >= 11 is 5.16. The van der Waals surface area contributed by atoms with Crippen molar-refractivity contribution in [2.45, 2.75) is 19.9 Å². The van der Waals surface area contributed by atoms with Crippen molar-refractivity contribution < 1.29 is 14.3 Å². The second-order valence-corrected chi connectivity index (χ2v) is 5.59. The van der Waals surface area contributed by atoms with Gasteiger partial charge in [-0.25, -0.2) is 0 Å². The van der Waals surface area contributed by atoms with E-state index in [2.05, 4.69) is 21.2 Å². The minimum absolute atomic E-state index is 0.0422. The van der Waals surface area contributed by atoms with Gasteiger partial charge in [0.1, 0.15) is 5.75 Å². The number of carbonyl (C=O) groups is 1. The molecule has 0 fully saturated rings. The molecular formula is C15H20N4O3S. The third-order valence-corrected chi connectivity index (χ3v) is 3.36. The van der Waals surface area contributed by atoms with E-state index in [0.29, 0.717) is 23.2 Å². The van der Waals surface area contributed by atoms with Crippen LogP contribution in [0.1, 0.15) is 19.4 Å². The molecule has 1 aromatic rings. The molecule has 1 aromatic carbocycles. The first-order chi connectivity index (χ1) is 11.0. The molecule has 0 aromatic heterocycles. The number of ether oxygens (including phenoxy) is 2. The minimum atomic E-state index is -0.167. The SMILES string of the molecule is COC[C@@H](C)NC(=S)N/N=C(/C)c1ccc2c(c1)NC(=O)CO2. The van der Waals surface area contributed by atoms with Gasteiger partial charge in [-0.2, -0.15) is 5.10 Å². The Kier molecular flexibility index (Phi) is 5.89. The smallest absolute Gasteiger partial charge is 0.262 e. The highest BCUT2D eigenvalue weighted by Crippen LogP contribution is 2.28. The predicted molar refractivity (Wildman–Crippen MR) is 93.0 cm³/mol. The molecule has 3 N–H and O–H groups in total. The lowest BCUT2D eigenvalue weighted by Crippen LogP contribution is -2.40. The van der Waals surface area contributed by atoms with Gasteiger partial charge in [-0.15, -0.1) is 0 Å². The van der Waals surface area contributed by atoms with Crippen molar-refractivity contribution in [1.29, 1.82) is 0 Å². The molecule has 2 rings (SSSR count). The van der Waals surface area contributed by atoms with Gasteiger partial charge in [-0.1, -0.05) is 0 Å². The van der Waals surface area contributed by atoms with Crippen molar-refractivity contribution in [2.24, 2.45) is 5.10 Å². The lowest BCUT2D eigenvalue weighted by Gasteiger charge is -2.18. The van der Waals surface area contributed by atoms with Crippen molar-refractivity contribution in [3.05, 3.63) is 23.8 Å². The molecule has 1 atom stereocenters. The van der Waals surface area contributed by atoms with Crippen LogP contribution in [0, 0.1) is 0 Å². The number of carbonyl (C=O) groups excluding carboxylic acids is 1. The van der Waals surface area contributed by atoms with E-state index >= 15 is 0 Å². The van der Waals surface area contributed by atoms with Gasteiger partial charge in [-0.05, 0) is 49.8 Å². The van der Waals surface area contributed by atoms with E-state index in [-0.39, 0.29) is 18.6 Å². The molecule has 1 heterocycles. The molecule has 7 nitrogen and oxygen atoms in total. The standard InChI is InChI=1S/C15H20N4O3S/c1-9(7-21-3)16-15(23)19-18-10(2)11-4-5-13-12(6-11)17-14(20)8-22-13/h4-6,9H,7-8H2,1-3H3,(H,17,20)(H2,16,19,23)/b18-10-/t9-/m1/s1. The highest BCUT2D eigenvalue weighted by Gasteiger charge is 2.16. The molecule has 0 bridgehead atoms. The summed E-state index contributed by atoms with van der Waals surface area (Å²) in [5.74, 6) is 0.486. The topological polar surface area (TPSA) is 84.0 Å². The number of rotatable bonds is 5. The zero-order valence-electron chi connectivity index (χ0n) is 13.3. The summed E-state index contributed by atoms with van der Waals surface area (Å²) in [5, 5.41) is 10.5. The number of nitrogens with zero attached hydrogens (tertiary/aromatic N) is 1. The number of amides is 1. The van der Waals surface area contributed by atoms with Crippen LogP contribution in [0.2, 0.25) is 0 Å². The summed E-state index contributed by atoms with van der Waals surface area (Å²) in [7, 11) is 1.63. The first kappa shape index (κ1) is 17.2. The van der Waals surface area contributed by atoms with Crippen molar-refractivity contribution in [2.75, 3.05) is 25.6 Å². The van der Waals surface area contributed by atoms with Crippen LogP contribution in [-0.2, 0) is 9.53 Å². The number of methoxy groups -OCH3 is 1. The highest BCUT2D eigenvalue weighted by atomic mass is 32.1. The van der Waals surface area contributed by atoms with Crippen LogP contribution in [0.5, 0.6) is 5.75 Å². The minimum Gasteiger partial charge on any atom is -0.482 e. The average molecular weight is 336 g/mol. The van der Waals surface area contributed by atoms with Crippen LogP contribution in [0.4, 0.5) is 5.69 Å². The second kappa shape index (κ2) is 7.89. The van der Waals surface area contributed by atoms with E-state index in [1.54, 1.807) is 13.2 Å². The summed E-state index contributed by atoms with van der Waals surface area (Å²) in [5.41, 5.74) is 5.02. The Morgan fingerprint density at radius 2 is 2.35 bits per heavy atom. The Bertz CT molecular complexity index is 633. The number of hydrogen-bond donors (Lipinski definition) is 3. The maximum absolute atomic E-state index is 11.4. The Labute approximate surface area is 140 Å². The van der Waals surface area contributed by atoms with Gasteiger partial charge in [0.25, 0.3) is 5.91 Å². The number of hydrazone groups is 1. The fourth-order valence-electron chi connectivity index (χ4n) is 2.06. The number of thiocarbonyl (C=S) groups is 1. The van der Waals surface area contributed by atoms with Crippen LogP contribution in [-0.4, -0.2) is 43.1 Å². The van der Waals surface area contributed by atoms with Gasteiger partial charge in [0.05, 0.1) is 18.0 Å². The monoisotopic (exact) mass is 336 g/mol. The van der Waals surface area contributed by atoms with Crippen LogP contribution in [0.25, 0.3) is 0 Å². The quantitative estimate of drug-likeness (QED) is 0.426. The molecule has 0 unspecified atom stereocenters. The second-order valence-electron chi connectivity index (χ2n) is 5.19. The summed E-state index contributed by atoms with van der Waals surface area (Å²) < 4.78 is 10.4. The first-order valence-electron chi connectivity index (χ1n) is 7.16. The first-order valence-corrected chi connectivity index (χ1v) is 7.57. The van der Waals surface area contributed by atoms with Crippen molar-refractivity contribution in [3.8, 4) is 5.75 Å². The highest BCUT2D eigenvalue weighted by molar-refractivity contribution is 7.80. The lowest BCUT2D eigenvalue weighted by atomic mass is 10.1. The number of hydrogen-bond acceptors (Lipinski definition) is 5. The third kappa shape index (κ3) is 4.90. The Balaban J connectivity index is 1.99. The fourth-order valence-corrected chi connectivity index (χ4v) is 2.30. The zero-order chi connectivity index (χ0) is 16.8. The van der Waals surface area contributed by atoms with E-state index < -0.39 is 0 Å². The number of nitrogens with one attached hydrogen (secondary N) is 3. The average Bonchev–Trinajstić information content (AvgIpc) is 2.52. The van der Waals surface area contributed by atoms with Crippen LogP contribution < -0.4 is 20.8 Å². The number of anilines is 1. The van der Waals surface area contributed by atoms with Crippen molar-refractivity contribution >= 4 is 34.6 Å². The fraction of sp³-hybridized carbons (Fsp3) is 0.400.